The molecule has 1 rings (SSSR count). The van der Waals surface area contributed by atoms with Crippen molar-refractivity contribution in [1.82, 2.24) is 5.32 Å². The Labute approximate surface area is 119 Å². The van der Waals surface area contributed by atoms with Crippen LogP contribution >= 0.6 is 23.4 Å². The third-order valence-corrected chi connectivity index (χ3v) is 3.84. The zero-order valence-corrected chi connectivity index (χ0v) is 13.1. The van der Waals surface area contributed by atoms with E-state index in [0.29, 0.717) is 0 Å². The molecule has 4 heteroatoms. The number of hydrogen-bond acceptors (Lipinski definition) is 3. The van der Waals surface area contributed by atoms with Crippen LogP contribution in [0.4, 0.5) is 0 Å². The van der Waals surface area contributed by atoms with Crippen LogP contribution in [0.2, 0.25) is 5.02 Å². The van der Waals surface area contributed by atoms with Crippen LogP contribution in [0.25, 0.3) is 0 Å². The molecule has 0 bridgehead atoms. The molecule has 0 amide bonds. The lowest BCUT2D eigenvalue weighted by atomic mass is 10.2. The Morgan fingerprint density at radius 1 is 1.33 bits per heavy atom. The molecule has 0 aliphatic heterocycles. The molecule has 102 valence electrons. The van der Waals surface area contributed by atoms with Crippen molar-refractivity contribution in [2.24, 2.45) is 0 Å². The van der Waals surface area contributed by atoms with Crippen LogP contribution in [0.15, 0.2) is 23.1 Å². The smallest absolute Gasteiger partial charge is 0.0587 e. The molecule has 0 spiro atoms. The number of hydrogen-bond donors (Lipinski definition) is 1. The highest BCUT2D eigenvalue weighted by atomic mass is 35.5. The standard InChI is InChI=1S/C14H22ClNOS/c1-14(2,3)18-13-6-5-11(9-12(13)15)10-16-7-8-17-4/h5-6,9,16H,7-8,10H2,1-4H3. The van der Waals surface area contributed by atoms with Crippen molar-refractivity contribution in [1.29, 1.82) is 0 Å². The summed E-state index contributed by atoms with van der Waals surface area (Å²) in [6.45, 7) is 8.97. The summed E-state index contributed by atoms with van der Waals surface area (Å²) in [4.78, 5) is 1.14. The number of ether oxygens (including phenoxy) is 1. The van der Waals surface area contributed by atoms with Crippen molar-refractivity contribution in [3.8, 4) is 0 Å². The van der Waals surface area contributed by atoms with E-state index in [1.807, 2.05) is 6.07 Å². The fourth-order valence-electron chi connectivity index (χ4n) is 1.47. The predicted molar refractivity (Wildman–Crippen MR) is 80.6 cm³/mol. The number of nitrogens with one attached hydrogen (secondary N) is 1. The summed E-state index contributed by atoms with van der Waals surface area (Å²) in [6, 6.07) is 6.26. The lowest BCUT2D eigenvalue weighted by Crippen LogP contribution is -2.18. The Bertz CT molecular complexity index is 377. The zero-order valence-electron chi connectivity index (χ0n) is 11.5. The SMILES string of the molecule is COCCNCc1ccc(SC(C)(C)C)c(Cl)c1. The van der Waals surface area contributed by atoms with E-state index >= 15 is 0 Å². The molecule has 18 heavy (non-hydrogen) atoms. The van der Waals surface area contributed by atoms with Gasteiger partial charge in [0.25, 0.3) is 0 Å². The maximum Gasteiger partial charge on any atom is 0.0587 e. The quantitative estimate of drug-likeness (QED) is 0.632. The van der Waals surface area contributed by atoms with Crippen LogP contribution in [0.1, 0.15) is 26.3 Å². The second kappa shape index (κ2) is 7.39. The average Bonchev–Trinajstić information content (AvgIpc) is 2.26. The van der Waals surface area contributed by atoms with Gasteiger partial charge >= 0.3 is 0 Å². The monoisotopic (exact) mass is 287 g/mol. The van der Waals surface area contributed by atoms with Crippen molar-refractivity contribution < 1.29 is 4.74 Å². The fraction of sp³-hybridized carbons (Fsp3) is 0.571. The third-order valence-electron chi connectivity index (χ3n) is 2.22. The van der Waals surface area contributed by atoms with E-state index in [9.17, 15) is 0 Å². The molecule has 0 heterocycles. The molecule has 2 nitrogen and oxygen atoms in total. The summed E-state index contributed by atoms with van der Waals surface area (Å²) in [7, 11) is 1.71. The van der Waals surface area contributed by atoms with Gasteiger partial charge in [0.1, 0.15) is 0 Å². The third kappa shape index (κ3) is 6.10. The van der Waals surface area contributed by atoms with E-state index in [0.717, 1.165) is 29.6 Å². The Morgan fingerprint density at radius 2 is 2.06 bits per heavy atom. The van der Waals surface area contributed by atoms with Gasteiger partial charge in [0.15, 0.2) is 0 Å². The lowest BCUT2D eigenvalue weighted by molar-refractivity contribution is 0.199. The first kappa shape index (κ1) is 15.8. The normalized spacial score (nSPS) is 11.8. The molecule has 0 unspecified atom stereocenters. The van der Waals surface area contributed by atoms with Crippen LogP contribution in [0, 0.1) is 0 Å². The molecule has 0 saturated heterocycles. The summed E-state index contributed by atoms with van der Waals surface area (Å²) in [5, 5.41) is 4.14. The summed E-state index contributed by atoms with van der Waals surface area (Å²) in [6.07, 6.45) is 0. The fourth-order valence-corrected chi connectivity index (χ4v) is 2.75. The largest absolute Gasteiger partial charge is 0.383 e. The van der Waals surface area contributed by atoms with Crippen LogP contribution in [-0.4, -0.2) is 25.0 Å². The van der Waals surface area contributed by atoms with Gasteiger partial charge in [-0.3, -0.25) is 0 Å². The van der Waals surface area contributed by atoms with E-state index < -0.39 is 0 Å². The van der Waals surface area contributed by atoms with Gasteiger partial charge in [-0.1, -0.05) is 38.4 Å². The minimum Gasteiger partial charge on any atom is -0.383 e. The maximum absolute atomic E-state index is 6.30. The average molecular weight is 288 g/mol. The molecule has 0 saturated carbocycles. The van der Waals surface area contributed by atoms with Crippen LogP contribution in [-0.2, 0) is 11.3 Å². The van der Waals surface area contributed by atoms with Crippen LogP contribution in [0.3, 0.4) is 0 Å². The zero-order chi connectivity index (χ0) is 13.6. The maximum atomic E-state index is 6.30. The van der Waals surface area contributed by atoms with Crippen LogP contribution in [0.5, 0.6) is 0 Å². The van der Waals surface area contributed by atoms with Gasteiger partial charge in [-0.25, -0.2) is 0 Å². The van der Waals surface area contributed by atoms with Gasteiger partial charge in [0.2, 0.25) is 0 Å². The van der Waals surface area contributed by atoms with E-state index in [-0.39, 0.29) is 4.75 Å². The Balaban J connectivity index is 2.56. The number of halogens is 1. The number of thioether (sulfide) groups is 1. The first-order chi connectivity index (χ1) is 8.42. The number of rotatable bonds is 6. The Morgan fingerprint density at radius 3 is 2.61 bits per heavy atom. The Hall–Kier alpha value is -0.220. The molecular weight excluding hydrogens is 266 g/mol. The second-order valence-electron chi connectivity index (χ2n) is 5.15. The first-order valence-corrected chi connectivity index (χ1v) is 7.29. The van der Waals surface area contributed by atoms with Gasteiger partial charge < -0.3 is 10.1 Å². The molecule has 0 aliphatic rings. The van der Waals surface area contributed by atoms with Gasteiger partial charge in [-0.05, 0) is 17.7 Å². The summed E-state index contributed by atoms with van der Waals surface area (Å²) < 4.78 is 5.17. The summed E-state index contributed by atoms with van der Waals surface area (Å²) in [5.74, 6) is 0. The van der Waals surface area contributed by atoms with E-state index in [4.69, 9.17) is 16.3 Å². The van der Waals surface area contributed by atoms with Crippen molar-refractivity contribution in [3.63, 3.8) is 0 Å². The molecular formula is C14H22ClNOS. The minimum absolute atomic E-state index is 0.182. The summed E-state index contributed by atoms with van der Waals surface area (Å²) in [5.41, 5.74) is 1.20. The molecule has 0 atom stereocenters. The predicted octanol–water partition coefficient (Wildman–Crippen LogP) is 3.97. The molecule has 1 aromatic rings. The highest BCUT2D eigenvalue weighted by Crippen LogP contribution is 2.36. The molecule has 0 aromatic heterocycles. The van der Waals surface area contributed by atoms with E-state index in [1.165, 1.54) is 5.56 Å². The molecule has 0 fully saturated rings. The van der Waals surface area contributed by atoms with Crippen molar-refractivity contribution >= 4 is 23.4 Å². The number of benzene rings is 1. The van der Waals surface area contributed by atoms with E-state index in [1.54, 1.807) is 18.9 Å². The van der Waals surface area contributed by atoms with Crippen molar-refractivity contribution in [3.05, 3.63) is 28.8 Å². The second-order valence-corrected chi connectivity index (χ2v) is 7.42. The van der Waals surface area contributed by atoms with Crippen LogP contribution < -0.4 is 5.32 Å². The highest BCUT2D eigenvalue weighted by Gasteiger charge is 2.14. The van der Waals surface area contributed by atoms with Gasteiger partial charge in [-0.2, -0.15) is 0 Å². The molecule has 0 aliphatic carbocycles. The van der Waals surface area contributed by atoms with Gasteiger partial charge in [0, 0.05) is 29.8 Å². The van der Waals surface area contributed by atoms with Crippen molar-refractivity contribution in [2.75, 3.05) is 20.3 Å². The minimum atomic E-state index is 0.182. The Kier molecular flexibility index (Phi) is 6.50. The van der Waals surface area contributed by atoms with Gasteiger partial charge in [-0.15, -0.1) is 11.8 Å². The van der Waals surface area contributed by atoms with E-state index in [2.05, 4.69) is 38.2 Å². The molecule has 1 N–H and O–H groups in total. The first-order valence-electron chi connectivity index (χ1n) is 6.09. The number of methoxy groups -OCH3 is 1. The van der Waals surface area contributed by atoms with Gasteiger partial charge in [0.05, 0.1) is 11.6 Å². The lowest BCUT2D eigenvalue weighted by Gasteiger charge is -2.18. The molecule has 0 radical (unpaired) electrons. The topological polar surface area (TPSA) is 21.3 Å². The molecule has 1 aromatic carbocycles. The van der Waals surface area contributed by atoms with Crippen molar-refractivity contribution in [2.45, 2.75) is 37.0 Å². The highest BCUT2D eigenvalue weighted by molar-refractivity contribution is 8.00. The summed E-state index contributed by atoms with van der Waals surface area (Å²) >= 11 is 8.10.